The molecule has 0 bridgehead atoms. The predicted molar refractivity (Wildman–Crippen MR) is 99.6 cm³/mol. The van der Waals surface area contributed by atoms with E-state index in [2.05, 4.69) is 20.4 Å². The summed E-state index contributed by atoms with van der Waals surface area (Å²) in [5, 5.41) is 6.52. The molecule has 1 atom stereocenters. The zero-order valence-corrected chi connectivity index (χ0v) is 15.7. The normalized spacial score (nSPS) is 17.1. The lowest BCUT2D eigenvalue weighted by molar-refractivity contribution is -0.125. The van der Waals surface area contributed by atoms with Crippen molar-refractivity contribution in [3.05, 3.63) is 34.9 Å². The fraction of sp³-hybridized carbons (Fsp3) is 0.556. The van der Waals surface area contributed by atoms with Gasteiger partial charge in [0, 0.05) is 37.7 Å². The molecule has 1 fully saturated rings. The summed E-state index contributed by atoms with van der Waals surface area (Å²) in [6.45, 7) is 8.54. The van der Waals surface area contributed by atoms with Crippen molar-refractivity contribution in [3.63, 3.8) is 0 Å². The van der Waals surface area contributed by atoms with Gasteiger partial charge in [-0.1, -0.05) is 23.7 Å². The van der Waals surface area contributed by atoms with E-state index < -0.39 is 0 Å². The third-order valence-corrected chi connectivity index (χ3v) is 4.57. The van der Waals surface area contributed by atoms with E-state index in [1.165, 1.54) is 0 Å². The number of benzene rings is 1. The molecule has 1 aromatic carbocycles. The average Bonchev–Trinajstić information content (AvgIpc) is 2.57. The second-order valence-electron chi connectivity index (χ2n) is 6.35. The Morgan fingerprint density at radius 2 is 1.56 bits per heavy atom. The fourth-order valence-corrected chi connectivity index (χ4v) is 3.01. The minimum Gasteiger partial charge on any atom is -0.355 e. The summed E-state index contributed by atoms with van der Waals surface area (Å²) >= 11 is 5.89. The van der Waals surface area contributed by atoms with E-state index in [1.54, 1.807) is 0 Å². The third kappa shape index (κ3) is 6.65. The summed E-state index contributed by atoms with van der Waals surface area (Å²) in [7, 11) is 0. The number of nitrogens with one attached hydrogen (secondary N) is 2. The second-order valence-corrected chi connectivity index (χ2v) is 6.78. The minimum absolute atomic E-state index is 0.0135. The monoisotopic (exact) mass is 366 g/mol. The van der Waals surface area contributed by atoms with Gasteiger partial charge < -0.3 is 10.6 Å². The summed E-state index contributed by atoms with van der Waals surface area (Å²) in [6.07, 6.45) is 0. The van der Waals surface area contributed by atoms with Crippen LogP contribution in [-0.2, 0) is 9.59 Å². The number of hydrogen-bond donors (Lipinski definition) is 2. The maximum Gasteiger partial charge on any atom is 0.234 e. The van der Waals surface area contributed by atoms with Gasteiger partial charge in [0.1, 0.15) is 0 Å². The van der Waals surface area contributed by atoms with Crippen molar-refractivity contribution in [2.75, 3.05) is 45.8 Å². The van der Waals surface area contributed by atoms with Crippen LogP contribution in [0.25, 0.3) is 0 Å². The molecule has 1 heterocycles. The molecule has 1 aliphatic rings. The number of carbonyl (C=O) groups is 2. The number of amides is 2. The van der Waals surface area contributed by atoms with Gasteiger partial charge in [-0.25, -0.2) is 0 Å². The molecule has 2 N–H and O–H groups in total. The van der Waals surface area contributed by atoms with Gasteiger partial charge in [0.15, 0.2) is 0 Å². The first-order valence-electron chi connectivity index (χ1n) is 8.74. The summed E-state index contributed by atoms with van der Waals surface area (Å²) in [5.41, 5.74) is 1.03. The molecule has 0 radical (unpaired) electrons. The lowest BCUT2D eigenvalue weighted by Crippen LogP contribution is -2.51. The summed E-state index contributed by atoms with van der Waals surface area (Å²) in [4.78, 5) is 28.1. The molecule has 7 heteroatoms. The van der Waals surface area contributed by atoms with E-state index in [0.717, 1.165) is 31.7 Å². The van der Waals surface area contributed by atoms with E-state index in [0.29, 0.717) is 24.7 Å². The molecule has 0 spiro atoms. The van der Waals surface area contributed by atoms with Gasteiger partial charge in [-0.2, -0.15) is 0 Å². The molecule has 0 aromatic heterocycles. The highest BCUT2D eigenvalue weighted by Gasteiger charge is 2.21. The lowest BCUT2D eigenvalue weighted by atomic mass is 10.1. The average molecular weight is 367 g/mol. The number of nitrogens with zero attached hydrogens (tertiary/aromatic N) is 2. The molecule has 1 unspecified atom stereocenters. The summed E-state index contributed by atoms with van der Waals surface area (Å²) < 4.78 is 0. The number of hydrogen-bond acceptors (Lipinski definition) is 4. The Hall–Kier alpha value is -1.63. The molecule has 1 aliphatic heterocycles. The van der Waals surface area contributed by atoms with Crippen molar-refractivity contribution in [3.8, 4) is 0 Å². The van der Waals surface area contributed by atoms with Crippen LogP contribution < -0.4 is 10.6 Å². The topological polar surface area (TPSA) is 64.7 Å². The van der Waals surface area contributed by atoms with Crippen LogP contribution in [0.3, 0.4) is 0 Å². The van der Waals surface area contributed by atoms with Gasteiger partial charge in [0.2, 0.25) is 11.8 Å². The minimum atomic E-state index is -0.0520. The van der Waals surface area contributed by atoms with Crippen LogP contribution in [0.1, 0.15) is 25.5 Å². The summed E-state index contributed by atoms with van der Waals surface area (Å²) in [6, 6.07) is 7.45. The Kier molecular flexibility index (Phi) is 7.68. The van der Waals surface area contributed by atoms with Crippen LogP contribution in [-0.4, -0.2) is 67.4 Å². The zero-order chi connectivity index (χ0) is 18.2. The number of piperazine rings is 1. The van der Waals surface area contributed by atoms with E-state index in [4.69, 9.17) is 11.6 Å². The Bertz CT molecular complexity index is 571. The standard InChI is InChI=1S/C18H27ClN4O2/c1-3-20-17(24)12-22-8-10-23(11-9-22)13-18(25)21-14(2)15-4-6-16(19)7-5-15/h4-7,14H,3,8-13H2,1-2H3,(H,20,24)(H,21,25). The van der Waals surface area contributed by atoms with Crippen molar-refractivity contribution < 1.29 is 9.59 Å². The van der Waals surface area contributed by atoms with Gasteiger partial charge in [0.05, 0.1) is 19.1 Å². The van der Waals surface area contributed by atoms with Crippen LogP contribution in [0.15, 0.2) is 24.3 Å². The Morgan fingerprint density at radius 3 is 2.08 bits per heavy atom. The van der Waals surface area contributed by atoms with Gasteiger partial charge >= 0.3 is 0 Å². The Labute approximate surface area is 154 Å². The van der Waals surface area contributed by atoms with Crippen LogP contribution >= 0.6 is 11.6 Å². The number of carbonyl (C=O) groups excluding carboxylic acids is 2. The highest BCUT2D eigenvalue weighted by atomic mass is 35.5. The van der Waals surface area contributed by atoms with Crippen molar-refractivity contribution in [1.82, 2.24) is 20.4 Å². The van der Waals surface area contributed by atoms with Crippen LogP contribution in [0.5, 0.6) is 0 Å². The van der Waals surface area contributed by atoms with Gasteiger partial charge in [-0.05, 0) is 31.5 Å². The fourth-order valence-electron chi connectivity index (χ4n) is 2.89. The Morgan fingerprint density at radius 1 is 1.04 bits per heavy atom. The smallest absolute Gasteiger partial charge is 0.234 e. The third-order valence-electron chi connectivity index (χ3n) is 4.32. The second kappa shape index (κ2) is 9.75. The van der Waals surface area contributed by atoms with Crippen molar-refractivity contribution in [1.29, 1.82) is 0 Å². The van der Waals surface area contributed by atoms with E-state index >= 15 is 0 Å². The molecular formula is C18H27ClN4O2. The molecule has 1 aromatic rings. The molecule has 2 amide bonds. The van der Waals surface area contributed by atoms with Crippen LogP contribution in [0.2, 0.25) is 5.02 Å². The highest BCUT2D eigenvalue weighted by molar-refractivity contribution is 6.30. The number of rotatable bonds is 7. The van der Waals surface area contributed by atoms with Gasteiger partial charge in [0.25, 0.3) is 0 Å². The first kappa shape index (κ1) is 19.7. The first-order chi connectivity index (χ1) is 12.0. The van der Waals surface area contributed by atoms with Gasteiger partial charge in [-0.3, -0.25) is 19.4 Å². The summed E-state index contributed by atoms with van der Waals surface area (Å²) in [5.74, 6) is 0.0742. The van der Waals surface area contributed by atoms with E-state index in [-0.39, 0.29) is 17.9 Å². The molecular weight excluding hydrogens is 340 g/mol. The molecule has 1 saturated heterocycles. The van der Waals surface area contributed by atoms with Crippen LogP contribution in [0.4, 0.5) is 0 Å². The number of likely N-dealkylation sites (N-methyl/N-ethyl adjacent to an activating group) is 1. The van der Waals surface area contributed by atoms with Crippen molar-refractivity contribution >= 4 is 23.4 Å². The highest BCUT2D eigenvalue weighted by Crippen LogP contribution is 2.16. The largest absolute Gasteiger partial charge is 0.355 e. The molecule has 6 nitrogen and oxygen atoms in total. The maximum absolute atomic E-state index is 12.2. The molecule has 0 aliphatic carbocycles. The number of halogens is 1. The lowest BCUT2D eigenvalue weighted by Gasteiger charge is -2.34. The van der Waals surface area contributed by atoms with E-state index in [1.807, 2.05) is 38.1 Å². The van der Waals surface area contributed by atoms with E-state index in [9.17, 15) is 9.59 Å². The molecule has 0 saturated carbocycles. The van der Waals surface area contributed by atoms with Crippen molar-refractivity contribution in [2.24, 2.45) is 0 Å². The van der Waals surface area contributed by atoms with Gasteiger partial charge in [-0.15, -0.1) is 0 Å². The molecule has 25 heavy (non-hydrogen) atoms. The maximum atomic E-state index is 12.2. The molecule has 138 valence electrons. The van der Waals surface area contributed by atoms with Crippen LogP contribution in [0, 0.1) is 0 Å². The zero-order valence-electron chi connectivity index (χ0n) is 14.9. The predicted octanol–water partition coefficient (Wildman–Crippen LogP) is 1.27. The SMILES string of the molecule is CCNC(=O)CN1CCN(CC(=O)NC(C)c2ccc(Cl)cc2)CC1. The quantitative estimate of drug-likeness (QED) is 0.762. The first-order valence-corrected chi connectivity index (χ1v) is 9.12. The molecule has 2 rings (SSSR count). The Balaban J connectivity index is 1.71. The van der Waals surface area contributed by atoms with Crippen molar-refractivity contribution in [2.45, 2.75) is 19.9 Å².